The maximum atomic E-state index is 12.3. The fourth-order valence-electron chi connectivity index (χ4n) is 3.96. The molecule has 5 heteroatoms. The highest BCUT2D eigenvalue weighted by Crippen LogP contribution is 2.41. The molecule has 0 N–H and O–H groups in total. The fourth-order valence-corrected chi connectivity index (χ4v) is 3.96. The van der Waals surface area contributed by atoms with Gasteiger partial charge in [0.1, 0.15) is 0 Å². The molecular weight excluding hydrogens is 416 g/mol. The van der Waals surface area contributed by atoms with Crippen LogP contribution in [0.5, 0.6) is 0 Å². The van der Waals surface area contributed by atoms with Crippen molar-refractivity contribution < 1.29 is 24.0 Å². The molecule has 0 fully saturated rings. The minimum atomic E-state index is -0.422. The molecule has 0 saturated carbocycles. The second kappa shape index (κ2) is 16.7. The van der Waals surface area contributed by atoms with Crippen molar-refractivity contribution in [1.82, 2.24) is 0 Å². The minimum absolute atomic E-state index is 0.0906. The van der Waals surface area contributed by atoms with E-state index < -0.39 is 5.41 Å². The first-order valence-corrected chi connectivity index (χ1v) is 11.4. The topological polar surface area (TPSA) is 85.3 Å². The van der Waals surface area contributed by atoms with Crippen molar-refractivity contribution in [1.29, 1.82) is 0 Å². The predicted octanol–water partition coefficient (Wildman–Crippen LogP) is 5.66. The quantitative estimate of drug-likeness (QED) is 0.197. The lowest BCUT2D eigenvalue weighted by Crippen LogP contribution is -2.25. The molecule has 0 radical (unpaired) electrons. The number of carbonyl (C=O) groups excluding carboxylic acids is 5. The van der Waals surface area contributed by atoms with Gasteiger partial charge in [-0.2, -0.15) is 0 Å². The highest BCUT2D eigenvalue weighted by atomic mass is 16.1. The Kier molecular flexibility index (Phi) is 15.2. The van der Waals surface area contributed by atoms with E-state index in [9.17, 15) is 24.0 Å². The van der Waals surface area contributed by atoms with Gasteiger partial charge >= 0.3 is 0 Å². The molecule has 0 bridgehead atoms. The Morgan fingerprint density at radius 1 is 0.545 bits per heavy atom. The molecule has 1 unspecified atom stereocenters. The van der Waals surface area contributed by atoms with Crippen molar-refractivity contribution in [3.63, 3.8) is 0 Å². The first kappa shape index (κ1) is 30.0. The van der Waals surface area contributed by atoms with Crippen LogP contribution in [0.15, 0.2) is 63.3 Å². The van der Waals surface area contributed by atoms with Crippen LogP contribution in [0.2, 0.25) is 0 Å². The summed E-state index contributed by atoms with van der Waals surface area (Å²) >= 11 is 0. The first-order valence-electron chi connectivity index (χ1n) is 11.4. The molecule has 5 nitrogen and oxygen atoms in total. The Balaban J connectivity index is 5.58. The lowest BCUT2D eigenvalue weighted by molar-refractivity contribution is -0.119. The molecule has 0 saturated heterocycles. The largest absolute Gasteiger partial charge is 0.295 e. The van der Waals surface area contributed by atoms with Crippen LogP contribution < -0.4 is 0 Å². The van der Waals surface area contributed by atoms with Gasteiger partial charge in [-0.25, -0.2) is 0 Å². The Hall–Kier alpha value is -2.95. The van der Waals surface area contributed by atoms with Gasteiger partial charge in [-0.3, -0.25) is 24.0 Å². The zero-order chi connectivity index (χ0) is 25.3. The normalized spacial score (nSPS) is 11.6. The highest BCUT2D eigenvalue weighted by molar-refractivity contribution is 5.93. The molecule has 0 rings (SSSR count). The molecule has 180 valence electrons. The van der Waals surface area contributed by atoms with Crippen LogP contribution in [-0.2, 0) is 24.0 Å². The standard InChI is InChI=1S/C28H38O5/c1-6-23(29)14-13-22(27(33)10-5)12-11-18-28(19-15-24(30)7-2,20-16-25(31)8-3)21-17-26(32)9-4/h6-10,22H,1-5,11-21H2. The third-order valence-electron chi connectivity index (χ3n) is 6.22. The summed E-state index contributed by atoms with van der Waals surface area (Å²) < 4.78 is 0. The van der Waals surface area contributed by atoms with E-state index in [2.05, 4.69) is 32.9 Å². The number of rotatable bonds is 22. The highest BCUT2D eigenvalue weighted by Gasteiger charge is 2.31. The van der Waals surface area contributed by atoms with E-state index >= 15 is 0 Å². The van der Waals surface area contributed by atoms with E-state index in [0.717, 1.165) is 0 Å². The summed E-state index contributed by atoms with van der Waals surface area (Å²) in [6, 6.07) is 0. The van der Waals surface area contributed by atoms with Crippen LogP contribution in [0, 0.1) is 11.3 Å². The lowest BCUT2D eigenvalue weighted by Gasteiger charge is -2.34. The second-order valence-electron chi connectivity index (χ2n) is 8.42. The maximum absolute atomic E-state index is 12.3. The molecule has 0 aromatic carbocycles. The molecule has 0 aliphatic carbocycles. The Morgan fingerprint density at radius 2 is 0.939 bits per heavy atom. The van der Waals surface area contributed by atoms with E-state index in [1.807, 2.05) is 0 Å². The lowest BCUT2D eigenvalue weighted by atomic mass is 9.70. The number of hydrogen-bond donors (Lipinski definition) is 0. The van der Waals surface area contributed by atoms with Crippen molar-refractivity contribution in [3.05, 3.63) is 63.3 Å². The molecule has 33 heavy (non-hydrogen) atoms. The third-order valence-corrected chi connectivity index (χ3v) is 6.22. The summed E-state index contributed by atoms with van der Waals surface area (Å²) in [6.45, 7) is 17.6. The monoisotopic (exact) mass is 454 g/mol. The summed E-state index contributed by atoms with van der Waals surface area (Å²) in [5.41, 5.74) is -0.422. The van der Waals surface area contributed by atoms with Gasteiger partial charge in [0.15, 0.2) is 28.9 Å². The summed E-state index contributed by atoms with van der Waals surface area (Å²) in [5.74, 6) is -0.821. The first-order chi connectivity index (χ1) is 15.7. The number of hydrogen-bond acceptors (Lipinski definition) is 5. The van der Waals surface area contributed by atoms with E-state index in [4.69, 9.17) is 0 Å². The minimum Gasteiger partial charge on any atom is -0.295 e. The molecule has 0 aliphatic heterocycles. The van der Waals surface area contributed by atoms with Crippen LogP contribution >= 0.6 is 0 Å². The summed E-state index contributed by atoms with van der Waals surface area (Å²) in [6.07, 6.45) is 11.3. The second-order valence-corrected chi connectivity index (χ2v) is 8.42. The zero-order valence-electron chi connectivity index (χ0n) is 19.8. The fraction of sp³-hybridized carbons (Fsp3) is 0.464. The summed E-state index contributed by atoms with van der Waals surface area (Å²) in [4.78, 5) is 59.8. The summed E-state index contributed by atoms with van der Waals surface area (Å²) in [7, 11) is 0. The predicted molar refractivity (Wildman–Crippen MR) is 133 cm³/mol. The molecular formula is C28H38O5. The van der Waals surface area contributed by atoms with Crippen LogP contribution in [-0.4, -0.2) is 28.9 Å². The number of carbonyl (C=O) groups is 5. The SMILES string of the molecule is C=CC(=O)CCC(CCCC(CCC(=O)C=C)(CCC(=O)C=C)CCC(=O)C=C)C(=O)C=C. The van der Waals surface area contributed by atoms with Gasteiger partial charge in [0.25, 0.3) is 0 Å². The van der Waals surface area contributed by atoms with E-state index in [1.54, 1.807) is 0 Å². The number of ketones is 5. The molecule has 0 heterocycles. The van der Waals surface area contributed by atoms with Crippen molar-refractivity contribution in [2.45, 2.75) is 70.6 Å². The third kappa shape index (κ3) is 12.6. The molecule has 0 amide bonds. The van der Waals surface area contributed by atoms with Gasteiger partial charge in [-0.1, -0.05) is 39.3 Å². The molecule has 0 aliphatic rings. The van der Waals surface area contributed by atoms with Gasteiger partial charge in [0, 0.05) is 31.6 Å². The van der Waals surface area contributed by atoms with Crippen LogP contribution in [0.25, 0.3) is 0 Å². The molecule has 1 atom stereocenters. The van der Waals surface area contributed by atoms with Crippen LogP contribution in [0.1, 0.15) is 70.6 Å². The van der Waals surface area contributed by atoms with E-state index in [0.29, 0.717) is 44.9 Å². The van der Waals surface area contributed by atoms with Gasteiger partial charge in [-0.05, 0) is 74.3 Å². The average Bonchev–Trinajstić information content (AvgIpc) is 2.84. The molecule has 0 aromatic heterocycles. The van der Waals surface area contributed by atoms with Crippen molar-refractivity contribution in [2.24, 2.45) is 11.3 Å². The Labute approximate surface area is 198 Å². The van der Waals surface area contributed by atoms with Crippen molar-refractivity contribution in [3.8, 4) is 0 Å². The van der Waals surface area contributed by atoms with E-state index in [-0.39, 0.29) is 60.5 Å². The maximum Gasteiger partial charge on any atom is 0.158 e. The van der Waals surface area contributed by atoms with Crippen LogP contribution in [0.3, 0.4) is 0 Å². The van der Waals surface area contributed by atoms with Crippen molar-refractivity contribution >= 4 is 28.9 Å². The summed E-state index contributed by atoms with van der Waals surface area (Å²) in [5, 5.41) is 0. The van der Waals surface area contributed by atoms with Crippen molar-refractivity contribution in [2.75, 3.05) is 0 Å². The smallest absolute Gasteiger partial charge is 0.158 e. The Morgan fingerprint density at radius 3 is 1.30 bits per heavy atom. The number of allylic oxidation sites excluding steroid dienone is 5. The van der Waals surface area contributed by atoms with Gasteiger partial charge in [-0.15, -0.1) is 0 Å². The van der Waals surface area contributed by atoms with Gasteiger partial charge in [0.2, 0.25) is 0 Å². The Bertz CT molecular complexity index is 711. The zero-order valence-corrected chi connectivity index (χ0v) is 19.8. The van der Waals surface area contributed by atoms with Gasteiger partial charge < -0.3 is 0 Å². The van der Waals surface area contributed by atoms with E-state index in [1.165, 1.54) is 30.4 Å². The van der Waals surface area contributed by atoms with Gasteiger partial charge in [0.05, 0.1) is 0 Å². The van der Waals surface area contributed by atoms with Crippen LogP contribution in [0.4, 0.5) is 0 Å². The molecule has 0 spiro atoms. The molecule has 0 aromatic rings. The average molecular weight is 455 g/mol.